The van der Waals surface area contributed by atoms with Gasteiger partial charge in [-0.25, -0.2) is 0 Å². The van der Waals surface area contributed by atoms with Crippen LogP contribution in [0.15, 0.2) is 0 Å². The smallest absolute Gasteiger partial charge is 0.234 e. The van der Waals surface area contributed by atoms with E-state index in [0.29, 0.717) is 5.41 Å². The van der Waals surface area contributed by atoms with Gasteiger partial charge in [-0.3, -0.25) is 4.79 Å². The molecule has 4 rings (SSSR count). The molecule has 0 heterocycles. The molecule has 0 spiro atoms. The third-order valence-corrected chi connectivity index (χ3v) is 5.38. The van der Waals surface area contributed by atoms with E-state index in [1.54, 1.807) is 0 Å². The summed E-state index contributed by atoms with van der Waals surface area (Å²) in [5.74, 6) is 2.82. The minimum atomic E-state index is -0.109. The first kappa shape index (κ1) is 12.0. The molecule has 0 saturated heterocycles. The molecule has 3 heteroatoms. The van der Waals surface area contributed by atoms with E-state index in [2.05, 4.69) is 5.32 Å². The van der Waals surface area contributed by atoms with Crippen LogP contribution >= 0.6 is 0 Å². The summed E-state index contributed by atoms with van der Waals surface area (Å²) in [7, 11) is 0. The maximum absolute atomic E-state index is 11.3. The van der Waals surface area contributed by atoms with Crippen LogP contribution in [0.25, 0.3) is 0 Å². The number of nitriles is 1. The van der Waals surface area contributed by atoms with E-state index in [1.807, 2.05) is 6.07 Å². The summed E-state index contributed by atoms with van der Waals surface area (Å²) < 4.78 is 0. The van der Waals surface area contributed by atoms with Crippen LogP contribution in [0.3, 0.4) is 0 Å². The predicted molar refractivity (Wildman–Crippen MR) is 68.5 cm³/mol. The Hall–Kier alpha value is -1.04. The second-order valence-electron chi connectivity index (χ2n) is 6.85. The summed E-state index contributed by atoms with van der Waals surface area (Å²) in [5.41, 5.74) is 0.536. The van der Waals surface area contributed by atoms with Gasteiger partial charge in [0.05, 0.1) is 6.07 Å². The molecule has 4 fully saturated rings. The molecular weight excluding hydrogens is 224 g/mol. The number of nitrogens with one attached hydrogen (secondary N) is 1. The van der Waals surface area contributed by atoms with Gasteiger partial charge in [-0.05, 0) is 68.1 Å². The number of carbonyl (C=O) groups excluding carboxylic acids is 1. The number of carbonyl (C=O) groups is 1. The molecule has 0 unspecified atom stereocenters. The molecule has 0 aromatic heterocycles. The average Bonchev–Trinajstić information content (AvgIpc) is 2.26. The van der Waals surface area contributed by atoms with Crippen molar-refractivity contribution in [3.63, 3.8) is 0 Å². The maximum Gasteiger partial charge on any atom is 0.234 e. The van der Waals surface area contributed by atoms with E-state index in [4.69, 9.17) is 5.26 Å². The molecule has 18 heavy (non-hydrogen) atoms. The van der Waals surface area contributed by atoms with Gasteiger partial charge in [-0.15, -0.1) is 0 Å². The lowest BCUT2D eigenvalue weighted by atomic mass is 9.49. The molecular formula is C15H22N2O. The van der Waals surface area contributed by atoms with Crippen LogP contribution in [0.2, 0.25) is 0 Å². The Morgan fingerprint density at radius 2 is 1.72 bits per heavy atom. The molecule has 1 N–H and O–H groups in total. The molecule has 0 aliphatic heterocycles. The summed E-state index contributed by atoms with van der Waals surface area (Å²) in [4.78, 5) is 11.3. The van der Waals surface area contributed by atoms with Crippen molar-refractivity contribution in [2.24, 2.45) is 23.2 Å². The van der Waals surface area contributed by atoms with Gasteiger partial charge in [0.1, 0.15) is 6.42 Å². The highest BCUT2D eigenvalue weighted by molar-refractivity contribution is 5.77. The summed E-state index contributed by atoms with van der Waals surface area (Å²) in [6.07, 6.45) is 9.74. The number of hydrogen-bond donors (Lipinski definition) is 1. The molecule has 4 aliphatic rings. The molecule has 4 saturated carbocycles. The molecule has 0 atom stereocenters. The zero-order chi connectivity index (χ0) is 12.6. The first-order valence-electron chi connectivity index (χ1n) is 7.33. The van der Waals surface area contributed by atoms with Gasteiger partial charge in [0.15, 0.2) is 0 Å². The van der Waals surface area contributed by atoms with Crippen molar-refractivity contribution < 1.29 is 4.79 Å². The first-order chi connectivity index (χ1) is 8.69. The second-order valence-corrected chi connectivity index (χ2v) is 6.85. The Balaban J connectivity index is 1.53. The van der Waals surface area contributed by atoms with Gasteiger partial charge < -0.3 is 5.32 Å². The minimum absolute atomic E-state index is 0.000868. The van der Waals surface area contributed by atoms with Crippen molar-refractivity contribution in [3.8, 4) is 6.07 Å². The third kappa shape index (κ3) is 2.25. The minimum Gasteiger partial charge on any atom is -0.355 e. The van der Waals surface area contributed by atoms with Crippen molar-refractivity contribution in [2.45, 2.75) is 51.4 Å². The molecule has 98 valence electrons. The van der Waals surface area contributed by atoms with E-state index in [-0.39, 0.29) is 12.3 Å². The normalized spacial score (nSPS) is 40.5. The quantitative estimate of drug-likeness (QED) is 0.829. The van der Waals surface area contributed by atoms with E-state index in [1.165, 1.54) is 38.5 Å². The fourth-order valence-corrected chi connectivity index (χ4v) is 5.20. The molecule has 3 nitrogen and oxygen atoms in total. The van der Waals surface area contributed by atoms with Crippen LogP contribution in [0.4, 0.5) is 0 Å². The van der Waals surface area contributed by atoms with Crippen LogP contribution in [-0.4, -0.2) is 12.5 Å². The summed E-state index contributed by atoms with van der Waals surface area (Å²) >= 11 is 0. The Bertz CT molecular complexity index is 347. The van der Waals surface area contributed by atoms with Crippen molar-refractivity contribution in [2.75, 3.05) is 6.54 Å². The maximum atomic E-state index is 11.3. The SMILES string of the molecule is N#CCC(=O)NCCC12CC3CC(CC(C3)C1)C2. The van der Waals surface area contributed by atoms with Gasteiger partial charge in [-0.1, -0.05) is 0 Å². The summed E-state index contributed by atoms with van der Waals surface area (Å²) in [6, 6.07) is 1.90. The predicted octanol–water partition coefficient (Wildman–Crippen LogP) is 2.62. The molecule has 1 amide bonds. The third-order valence-electron chi connectivity index (χ3n) is 5.38. The van der Waals surface area contributed by atoms with Crippen molar-refractivity contribution in [1.82, 2.24) is 5.32 Å². The fraction of sp³-hybridized carbons (Fsp3) is 0.867. The standard InChI is InChI=1S/C15H22N2O/c16-3-1-14(18)17-4-2-15-8-11-5-12(9-15)7-13(6-11)10-15/h11-13H,1-2,4-10H2,(H,17,18). The summed E-state index contributed by atoms with van der Waals surface area (Å²) in [5, 5.41) is 11.4. The number of amides is 1. The molecule has 4 bridgehead atoms. The molecule has 0 aromatic rings. The zero-order valence-electron chi connectivity index (χ0n) is 11.0. The number of hydrogen-bond acceptors (Lipinski definition) is 2. The Morgan fingerprint density at radius 3 is 2.22 bits per heavy atom. The molecule has 0 radical (unpaired) electrons. The van der Waals surface area contributed by atoms with Crippen LogP contribution in [0.5, 0.6) is 0 Å². The Kier molecular flexibility index (Phi) is 3.05. The highest BCUT2D eigenvalue weighted by Gasteiger charge is 2.50. The lowest BCUT2D eigenvalue weighted by Crippen LogP contribution is -2.47. The van der Waals surface area contributed by atoms with E-state index < -0.39 is 0 Å². The van der Waals surface area contributed by atoms with E-state index >= 15 is 0 Å². The largest absolute Gasteiger partial charge is 0.355 e. The lowest BCUT2D eigenvalue weighted by molar-refractivity contribution is -0.120. The number of rotatable bonds is 4. The van der Waals surface area contributed by atoms with Gasteiger partial charge in [0.2, 0.25) is 5.91 Å². The summed E-state index contributed by atoms with van der Waals surface area (Å²) in [6.45, 7) is 0.771. The highest BCUT2D eigenvalue weighted by Crippen LogP contribution is 2.61. The van der Waals surface area contributed by atoms with Crippen LogP contribution in [-0.2, 0) is 4.79 Å². The topological polar surface area (TPSA) is 52.9 Å². The Morgan fingerprint density at radius 1 is 1.17 bits per heavy atom. The van der Waals surface area contributed by atoms with Crippen molar-refractivity contribution in [3.05, 3.63) is 0 Å². The van der Waals surface area contributed by atoms with Gasteiger partial charge in [0, 0.05) is 6.54 Å². The van der Waals surface area contributed by atoms with Gasteiger partial charge in [0.25, 0.3) is 0 Å². The van der Waals surface area contributed by atoms with Crippen LogP contribution < -0.4 is 5.32 Å². The van der Waals surface area contributed by atoms with E-state index in [9.17, 15) is 4.79 Å². The zero-order valence-corrected chi connectivity index (χ0v) is 11.0. The molecule has 4 aliphatic carbocycles. The van der Waals surface area contributed by atoms with Gasteiger partial charge >= 0.3 is 0 Å². The van der Waals surface area contributed by atoms with Crippen molar-refractivity contribution in [1.29, 1.82) is 5.26 Å². The monoisotopic (exact) mass is 246 g/mol. The van der Waals surface area contributed by atoms with Crippen LogP contribution in [0.1, 0.15) is 51.4 Å². The number of nitrogens with zero attached hydrogens (tertiary/aromatic N) is 1. The lowest BCUT2D eigenvalue weighted by Gasteiger charge is -2.57. The fourth-order valence-electron chi connectivity index (χ4n) is 5.20. The molecule has 0 aromatic carbocycles. The van der Waals surface area contributed by atoms with Crippen LogP contribution in [0, 0.1) is 34.5 Å². The highest BCUT2D eigenvalue weighted by atomic mass is 16.1. The van der Waals surface area contributed by atoms with E-state index in [0.717, 1.165) is 30.7 Å². The van der Waals surface area contributed by atoms with Crippen molar-refractivity contribution >= 4 is 5.91 Å². The second kappa shape index (κ2) is 4.57. The van der Waals surface area contributed by atoms with Gasteiger partial charge in [-0.2, -0.15) is 5.26 Å². The first-order valence-corrected chi connectivity index (χ1v) is 7.33. The average molecular weight is 246 g/mol. The Labute approximate surface area is 109 Å².